The van der Waals surface area contributed by atoms with Crippen LogP contribution in [0.25, 0.3) is 0 Å². The summed E-state index contributed by atoms with van der Waals surface area (Å²) in [4.78, 5) is 0. The van der Waals surface area contributed by atoms with Crippen molar-refractivity contribution in [1.82, 2.24) is 0 Å². The first-order chi connectivity index (χ1) is 7.56. The summed E-state index contributed by atoms with van der Waals surface area (Å²) in [5.74, 6) is 1.33. The summed E-state index contributed by atoms with van der Waals surface area (Å²) in [6, 6.07) is 1.78. The minimum atomic E-state index is -0.0166. The van der Waals surface area contributed by atoms with Crippen molar-refractivity contribution in [2.45, 2.75) is 19.8 Å². The van der Waals surface area contributed by atoms with Gasteiger partial charge in [0, 0.05) is 23.7 Å². The Hall–Kier alpha value is -0.930. The van der Waals surface area contributed by atoms with E-state index in [0.717, 1.165) is 16.9 Å². The second-order valence-electron chi connectivity index (χ2n) is 3.72. The minimum Gasteiger partial charge on any atom is -0.496 e. The van der Waals surface area contributed by atoms with Crippen LogP contribution in [0.3, 0.4) is 0 Å². The second kappa shape index (κ2) is 5.41. The van der Waals surface area contributed by atoms with Gasteiger partial charge in [-0.25, -0.2) is 0 Å². The maximum absolute atomic E-state index is 9.19. The monoisotopic (exact) mass is 244 g/mol. The van der Waals surface area contributed by atoms with Crippen molar-refractivity contribution in [3.63, 3.8) is 0 Å². The highest BCUT2D eigenvalue weighted by Crippen LogP contribution is 2.40. The van der Waals surface area contributed by atoms with Crippen LogP contribution in [0.4, 0.5) is 0 Å². The van der Waals surface area contributed by atoms with Crippen LogP contribution in [0.2, 0.25) is 5.02 Å². The largest absolute Gasteiger partial charge is 0.496 e. The van der Waals surface area contributed by atoms with E-state index in [1.54, 1.807) is 20.3 Å². The number of halogens is 1. The molecule has 1 aromatic carbocycles. The summed E-state index contributed by atoms with van der Waals surface area (Å²) < 4.78 is 10.6. The molecule has 0 heterocycles. The molecule has 90 valence electrons. The third-order valence-electron chi connectivity index (χ3n) is 2.66. The molecule has 4 heteroatoms. The lowest BCUT2D eigenvalue weighted by molar-refractivity contribution is 0.269. The van der Waals surface area contributed by atoms with Gasteiger partial charge in [-0.3, -0.25) is 0 Å². The average molecular weight is 245 g/mol. The highest BCUT2D eigenvalue weighted by Gasteiger charge is 2.18. The molecule has 3 nitrogen and oxygen atoms in total. The number of rotatable bonds is 4. The van der Waals surface area contributed by atoms with Gasteiger partial charge in [-0.1, -0.05) is 18.5 Å². The van der Waals surface area contributed by atoms with Crippen LogP contribution in [-0.2, 0) is 0 Å². The molecular weight excluding hydrogens is 228 g/mol. The Morgan fingerprint density at radius 1 is 1.31 bits per heavy atom. The second-order valence-corrected chi connectivity index (χ2v) is 4.13. The van der Waals surface area contributed by atoms with Gasteiger partial charge in [-0.2, -0.15) is 0 Å². The van der Waals surface area contributed by atoms with Crippen molar-refractivity contribution < 1.29 is 14.6 Å². The van der Waals surface area contributed by atoms with Crippen LogP contribution < -0.4 is 9.47 Å². The van der Waals surface area contributed by atoms with Gasteiger partial charge < -0.3 is 14.6 Å². The van der Waals surface area contributed by atoms with E-state index in [2.05, 4.69) is 0 Å². The van der Waals surface area contributed by atoms with Crippen molar-refractivity contribution >= 4 is 11.6 Å². The van der Waals surface area contributed by atoms with E-state index >= 15 is 0 Å². The average Bonchev–Trinajstić information content (AvgIpc) is 2.28. The molecule has 1 N–H and O–H groups in total. The molecule has 0 saturated heterocycles. The van der Waals surface area contributed by atoms with Crippen LogP contribution in [0.1, 0.15) is 24.0 Å². The summed E-state index contributed by atoms with van der Waals surface area (Å²) in [5, 5.41) is 9.72. The van der Waals surface area contributed by atoms with E-state index < -0.39 is 0 Å². The molecule has 0 saturated carbocycles. The number of methoxy groups -OCH3 is 2. The standard InChI is InChI=1S/C12H17ClO3/c1-7(6-14)9-5-10(13)12(16-4)8(2)11(9)15-3/h5,7,14H,6H2,1-4H3. The third kappa shape index (κ3) is 2.25. The Bertz CT molecular complexity index is 377. The Balaban J connectivity index is 3.40. The SMILES string of the molecule is COc1c(Cl)cc(C(C)CO)c(OC)c1C. The van der Waals surface area contributed by atoms with Gasteiger partial charge >= 0.3 is 0 Å². The van der Waals surface area contributed by atoms with Gasteiger partial charge in [0.25, 0.3) is 0 Å². The maximum atomic E-state index is 9.19. The lowest BCUT2D eigenvalue weighted by atomic mass is 9.98. The van der Waals surface area contributed by atoms with Crippen LogP contribution in [0, 0.1) is 6.92 Å². The van der Waals surface area contributed by atoms with Gasteiger partial charge in [0.05, 0.1) is 19.2 Å². The van der Waals surface area contributed by atoms with E-state index in [1.807, 2.05) is 13.8 Å². The molecule has 0 aliphatic rings. The number of ether oxygens (including phenoxy) is 2. The fourth-order valence-electron chi connectivity index (χ4n) is 1.75. The number of aliphatic hydroxyl groups is 1. The van der Waals surface area contributed by atoms with Crippen molar-refractivity contribution in [1.29, 1.82) is 0 Å². The zero-order chi connectivity index (χ0) is 12.3. The van der Waals surface area contributed by atoms with Gasteiger partial charge in [0.1, 0.15) is 11.5 Å². The van der Waals surface area contributed by atoms with Gasteiger partial charge in [0.15, 0.2) is 0 Å². The summed E-state index contributed by atoms with van der Waals surface area (Å²) >= 11 is 6.10. The molecule has 1 unspecified atom stereocenters. The van der Waals surface area contributed by atoms with E-state index in [-0.39, 0.29) is 12.5 Å². The predicted molar refractivity (Wildman–Crippen MR) is 64.8 cm³/mol. The molecule has 0 radical (unpaired) electrons. The van der Waals surface area contributed by atoms with Crippen LogP contribution in [0.5, 0.6) is 11.5 Å². The molecule has 0 fully saturated rings. The van der Waals surface area contributed by atoms with E-state index in [9.17, 15) is 5.11 Å². The van der Waals surface area contributed by atoms with E-state index in [1.165, 1.54) is 0 Å². The first kappa shape index (κ1) is 13.1. The Morgan fingerprint density at radius 3 is 2.31 bits per heavy atom. The van der Waals surface area contributed by atoms with Crippen LogP contribution in [0.15, 0.2) is 6.07 Å². The molecule has 0 amide bonds. The Labute approximate surface area is 101 Å². The zero-order valence-electron chi connectivity index (χ0n) is 10.0. The van der Waals surface area contributed by atoms with Gasteiger partial charge in [0.2, 0.25) is 0 Å². The van der Waals surface area contributed by atoms with E-state index in [0.29, 0.717) is 10.8 Å². The summed E-state index contributed by atoms with van der Waals surface area (Å²) in [5.41, 5.74) is 1.75. The summed E-state index contributed by atoms with van der Waals surface area (Å²) in [6.07, 6.45) is 0. The first-order valence-corrected chi connectivity index (χ1v) is 5.46. The Kier molecular flexibility index (Phi) is 4.44. The topological polar surface area (TPSA) is 38.7 Å². The molecule has 0 aliphatic heterocycles. The minimum absolute atomic E-state index is 0.0166. The maximum Gasteiger partial charge on any atom is 0.144 e. The van der Waals surface area contributed by atoms with Crippen molar-refractivity contribution in [2.24, 2.45) is 0 Å². The van der Waals surface area contributed by atoms with E-state index in [4.69, 9.17) is 21.1 Å². The lowest BCUT2D eigenvalue weighted by Crippen LogP contribution is -2.04. The number of benzene rings is 1. The van der Waals surface area contributed by atoms with Crippen molar-refractivity contribution in [2.75, 3.05) is 20.8 Å². The molecular formula is C12H17ClO3. The van der Waals surface area contributed by atoms with Crippen molar-refractivity contribution in [3.05, 3.63) is 22.2 Å². The quantitative estimate of drug-likeness (QED) is 0.885. The lowest BCUT2D eigenvalue weighted by Gasteiger charge is -2.19. The zero-order valence-corrected chi connectivity index (χ0v) is 10.8. The molecule has 16 heavy (non-hydrogen) atoms. The van der Waals surface area contributed by atoms with Crippen LogP contribution in [-0.4, -0.2) is 25.9 Å². The smallest absolute Gasteiger partial charge is 0.144 e. The highest BCUT2D eigenvalue weighted by molar-refractivity contribution is 6.32. The Morgan fingerprint density at radius 2 is 1.88 bits per heavy atom. The third-order valence-corrected chi connectivity index (χ3v) is 2.94. The fraction of sp³-hybridized carbons (Fsp3) is 0.500. The van der Waals surface area contributed by atoms with Crippen molar-refractivity contribution in [3.8, 4) is 11.5 Å². The molecule has 0 aliphatic carbocycles. The number of hydrogen-bond donors (Lipinski definition) is 1. The summed E-state index contributed by atoms with van der Waals surface area (Å²) in [6.45, 7) is 3.86. The normalized spacial score (nSPS) is 12.4. The molecule has 1 rings (SSSR count). The molecule has 1 atom stereocenters. The molecule has 0 spiro atoms. The van der Waals surface area contributed by atoms with Gasteiger partial charge in [-0.15, -0.1) is 0 Å². The predicted octanol–water partition coefficient (Wildman–Crippen LogP) is 2.76. The van der Waals surface area contributed by atoms with Gasteiger partial charge in [-0.05, 0) is 13.0 Å². The molecule has 1 aromatic rings. The number of aliphatic hydroxyl groups excluding tert-OH is 1. The highest BCUT2D eigenvalue weighted by atomic mass is 35.5. The first-order valence-electron chi connectivity index (χ1n) is 5.08. The van der Waals surface area contributed by atoms with Crippen LogP contribution >= 0.6 is 11.6 Å². The molecule has 0 aromatic heterocycles. The summed E-state index contributed by atoms with van der Waals surface area (Å²) in [7, 11) is 3.17. The number of hydrogen-bond acceptors (Lipinski definition) is 3. The fourth-order valence-corrected chi connectivity index (χ4v) is 2.09. The molecule has 0 bridgehead atoms.